The Kier molecular flexibility index (Phi) is 4.93. The highest BCUT2D eigenvalue weighted by Crippen LogP contribution is 2.32. The molecule has 1 N–H and O–H groups in total. The standard InChI is InChI=1S/C21H24N4O2S/c1-13(2)12-25-21-15(14(3)23-25)11-18(28-21)20(27)22-16-7-4-5-8-17(16)24-10-6-9-19(24)26/h4-5,7-8,11,13H,6,9-10,12H2,1-3H3,(H,22,27). The zero-order chi connectivity index (χ0) is 19.8. The van der Waals surface area contributed by atoms with Gasteiger partial charge in [0.05, 0.1) is 21.9 Å². The molecule has 1 fully saturated rings. The number of nitrogens with one attached hydrogen (secondary N) is 1. The van der Waals surface area contributed by atoms with Crippen LogP contribution in [0.4, 0.5) is 11.4 Å². The number of benzene rings is 1. The second-order valence-corrected chi connectivity index (χ2v) is 8.64. The predicted octanol–water partition coefficient (Wildman–Crippen LogP) is 4.44. The molecule has 7 heteroatoms. The molecule has 0 aliphatic carbocycles. The summed E-state index contributed by atoms with van der Waals surface area (Å²) in [6.07, 6.45) is 1.41. The van der Waals surface area contributed by atoms with Crippen molar-refractivity contribution in [2.24, 2.45) is 5.92 Å². The van der Waals surface area contributed by atoms with Gasteiger partial charge < -0.3 is 10.2 Å². The molecule has 1 aromatic carbocycles. The van der Waals surface area contributed by atoms with Crippen molar-refractivity contribution in [1.82, 2.24) is 9.78 Å². The Labute approximate surface area is 168 Å². The average Bonchev–Trinajstić information content (AvgIpc) is 3.33. The Bertz CT molecular complexity index is 1050. The van der Waals surface area contributed by atoms with E-state index in [4.69, 9.17) is 0 Å². The van der Waals surface area contributed by atoms with Crippen molar-refractivity contribution in [3.63, 3.8) is 0 Å². The Morgan fingerprint density at radius 1 is 1.32 bits per heavy atom. The lowest BCUT2D eigenvalue weighted by atomic mass is 10.2. The monoisotopic (exact) mass is 396 g/mol. The Hall–Kier alpha value is -2.67. The molecule has 146 valence electrons. The number of carbonyl (C=O) groups is 2. The van der Waals surface area contributed by atoms with Crippen LogP contribution in [0.25, 0.3) is 10.2 Å². The minimum atomic E-state index is -0.157. The van der Waals surface area contributed by atoms with E-state index in [2.05, 4.69) is 24.3 Å². The van der Waals surface area contributed by atoms with E-state index < -0.39 is 0 Å². The van der Waals surface area contributed by atoms with Gasteiger partial charge in [-0.15, -0.1) is 11.3 Å². The summed E-state index contributed by atoms with van der Waals surface area (Å²) in [5.41, 5.74) is 2.37. The molecule has 1 aliphatic rings. The Balaban J connectivity index is 1.62. The lowest BCUT2D eigenvalue weighted by molar-refractivity contribution is -0.117. The maximum absolute atomic E-state index is 12.9. The first-order chi connectivity index (χ1) is 13.4. The van der Waals surface area contributed by atoms with Crippen molar-refractivity contribution in [3.8, 4) is 0 Å². The molecule has 3 heterocycles. The molecule has 1 saturated heterocycles. The topological polar surface area (TPSA) is 67.2 Å². The molecule has 0 saturated carbocycles. The summed E-state index contributed by atoms with van der Waals surface area (Å²) in [6, 6.07) is 9.40. The van der Waals surface area contributed by atoms with E-state index in [1.54, 1.807) is 4.90 Å². The van der Waals surface area contributed by atoms with E-state index in [1.807, 2.05) is 41.9 Å². The van der Waals surface area contributed by atoms with Gasteiger partial charge in [-0.3, -0.25) is 14.3 Å². The highest BCUT2D eigenvalue weighted by molar-refractivity contribution is 7.20. The fourth-order valence-corrected chi connectivity index (χ4v) is 4.66. The minimum Gasteiger partial charge on any atom is -0.319 e. The number of hydrogen-bond acceptors (Lipinski definition) is 4. The molecule has 6 nitrogen and oxygen atoms in total. The average molecular weight is 397 g/mol. The molecule has 28 heavy (non-hydrogen) atoms. The first-order valence-corrected chi connectivity index (χ1v) is 10.4. The lowest BCUT2D eigenvalue weighted by Crippen LogP contribution is -2.25. The van der Waals surface area contributed by atoms with E-state index in [9.17, 15) is 9.59 Å². The van der Waals surface area contributed by atoms with Crippen molar-refractivity contribution in [2.75, 3.05) is 16.8 Å². The van der Waals surface area contributed by atoms with Crippen LogP contribution in [0.5, 0.6) is 0 Å². The number of aromatic nitrogens is 2. The Morgan fingerprint density at radius 3 is 2.82 bits per heavy atom. The van der Waals surface area contributed by atoms with Crippen molar-refractivity contribution >= 4 is 44.7 Å². The van der Waals surface area contributed by atoms with E-state index in [-0.39, 0.29) is 11.8 Å². The van der Waals surface area contributed by atoms with Crippen molar-refractivity contribution in [2.45, 2.75) is 40.2 Å². The van der Waals surface area contributed by atoms with Crippen LogP contribution in [-0.4, -0.2) is 28.1 Å². The van der Waals surface area contributed by atoms with Crippen LogP contribution in [0.1, 0.15) is 42.1 Å². The molecule has 1 aliphatic heterocycles. The normalized spacial score (nSPS) is 14.4. The number of para-hydroxylation sites is 2. The molecule has 2 aromatic heterocycles. The molecule has 3 aromatic rings. The van der Waals surface area contributed by atoms with Crippen molar-refractivity contribution in [3.05, 3.63) is 40.9 Å². The number of amides is 2. The smallest absolute Gasteiger partial charge is 0.265 e. The van der Waals surface area contributed by atoms with Crippen LogP contribution in [0.15, 0.2) is 30.3 Å². The molecular weight excluding hydrogens is 372 g/mol. The number of anilines is 2. The highest BCUT2D eigenvalue weighted by Gasteiger charge is 2.25. The summed E-state index contributed by atoms with van der Waals surface area (Å²) >= 11 is 1.46. The number of carbonyl (C=O) groups excluding carboxylic acids is 2. The molecule has 0 spiro atoms. The molecule has 0 bridgehead atoms. The summed E-state index contributed by atoms with van der Waals surface area (Å²) in [7, 11) is 0. The van der Waals surface area contributed by atoms with E-state index >= 15 is 0 Å². The van der Waals surface area contributed by atoms with Crippen LogP contribution >= 0.6 is 11.3 Å². The SMILES string of the molecule is Cc1nn(CC(C)C)c2sc(C(=O)Nc3ccccc3N3CCCC3=O)cc12. The maximum Gasteiger partial charge on any atom is 0.265 e. The number of fused-ring (bicyclic) bond motifs is 1. The molecular formula is C21H24N4O2S. The number of aryl methyl sites for hydroxylation is 1. The number of thiophene rings is 1. The Morgan fingerprint density at radius 2 is 2.11 bits per heavy atom. The number of hydrogen-bond donors (Lipinski definition) is 1. The minimum absolute atomic E-state index is 0.105. The zero-order valence-electron chi connectivity index (χ0n) is 16.4. The fourth-order valence-electron chi connectivity index (χ4n) is 3.60. The number of rotatable bonds is 5. The van der Waals surface area contributed by atoms with Gasteiger partial charge in [-0.05, 0) is 37.5 Å². The number of nitrogens with zero attached hydrogens (tertiary/aromatic N) is 3. The van der Waals surface area contributed by atoms with Gasteiger partial charge >= 0.3 is 0 Å². The van der Waals surface area contributed by atoms with Gasteiger partial charge in [0.1, 0.15) is 4.83 Å². The first kappa shape index (κ1) is 18.7. The first-order valence-electron chi connectivity index (χ1n) is 9.61. The van der Waals surface area contributed by atoms with Crippen molar-refractivity contribution in [1.29, 1.82) is 0 Å². The second-order valence-electron chi connectivity index (χ2n) is 7.61. The maximum atomic E-state index is 12.9. The molecule has 0 radical (unpaired) electrons. The predicted molar refractivity (Wildman–Crippen MR) is 113 cm³/mol. The van der Waals surface area contributed by atoms with Gasteiger partial charge in [0.2, 0.25) is 5.91 Å². The van der Waals surface area contributed by atoms with Gasteiger partial charge in [0.15, 0.2) is 0 Å². The van der Waals surface area contributed by atoms with Crippen LogP contribution in [0.2, 0.25) is 0 Å². The van der Waals surface area contributed by atoms with Crippen LogP contribution in [0, 0.1) is 12.8 Å². The summed E-state index contributed by atoms with van der Waals surface area (Å²) in [6.45, 7) is 7.80. The van der Waals surface area contributed by atoms with Crippen LogP contribution < -0.4 is 10.2 Å². The van der Waals surface area contributed by atoms with E-state index in [0.717, 1.165) is 34.6 Å². The van der Waals surface area contributed by atoms with E-state index in [1.165, 1.54) is 11.3 Å². The highest BCUT2D eigenvalue weighted by atomic mass is 32.1. The van der Waals surface area contributed by atoms with E-state index in [0.29, 0.717) is 29.4 Å². The third-order valence-corrected chi connectivity index (χ3v) is 6.03. The molecule has 0 atom stereocenters. The molecule has 2 amide bonds. The zero-order valence-corrected chi connectivity index (χ0v) is 17.2. The molecule has 0 unspecified atom stereocenters. The largest absolute Gasteiger partial charge is 0.319 e. The fraction of sp³-hybridized carbons (Fsp3) is 0.381. The van der Waals surface area contributed by atoms with Crippen LogP contribution in [-0.2, 0) is 11.3 Å². The quantitative estimate of drug-likeness (QED) is 0.693. The third-order valence-electron chi connectivity index (χ3n) is 4.89. The van der Waals surface area contributed by atoms with Crippen LogP contribution in [0.3, 0.4) is 0 Å². The third kappa shape index (κ3) is 3.42. The van der Waals surface area contributed by atoms with Crippen molar-refractivity contribution < 1.29 is 9.59 Å². The van der Waals surface area contributed by atoms with Gasteiger partial charge in [-0.1, -0.05) is 26.0 Å². The summed E-state index contributed by atoms with van der Waals surface area (Å²) in [4.78, 5) is 28.5. The summed E-state index contributed by atoms with van der Waals surface area (Å²) in [5.74, 6) is 0.426. The van der Waals surface area contributed by atoms with Gasteiger partial charge in [0, 0.05) is 24.9 Å². The van der Waals surface area contributed by atoms with Gasteiger partial charge in [0.25, 0.3) is 5.91 Å². The van der Waals surface area contributed by atoms with Gasteiger partial charge in [-0.2, -0.15) is 5.10 Å². The lowest BCUT2D eigenvalue weighted by Gasteiger charge is -2.19. The summed E-state index contributed by atoms with van der Waals surface area (Å²) < 4.78 is 1.99. The van der Waals surface area contributed by atoms with Gasteiger partial charge in [-0.25, -0.2) is 0 Å². The second kappa shape index (κ2) is 7.39. The summed E-state index contributed by atoms with van der Waals surface area (Å²) in [5, 5.41) is 8.63. The molecule has 4 rings (SSSR count).